The SMILES string of the molecule is CCC(NC(=O)C(C)(C)N)c1ccc(F)cc1F. The molecule has 1 aromatic carbocycles. The second-order valence-corrected chi connectivity index (χ2v) is 4.82. The molecule has 1 aromatic rings. The Hall–Kier alpha value is -1.49. The lowest BCUT2D eigenvalue weighted by molar-refractivity contribution is -0.126. The van der Waals surface area contributed by atoms with E-state index in [9.17, 15) is 13.6 Å². The van der Waals surface area contributed by atoms with E-state index in [1.807, 2.05) is 0 Å². The maximum absolute atomic E-state index is 13.6. The molecule has 1 atom stereocenters. The molecular weight excluding hydrogens is 238 g/mol. The Morgan fingerprint density at radius 3 is 2.50 bits per heavy atom. The molecule has 0 aliphatic carbocycles. The molecule has 0 aliphatic rings. The van der Waals surface area contributed by atoms with Crippen molar-refractivity contribution in [3.63, 3.8) is 0 Å². The minimum Gasteiger partial charge on any atom is -0.348 e. The van der Waals surface area contributed by atoms with Crippen molar-refractivity contribution in [1.29, 1.82) is 0 Å². The van der Waals surface area contributed by atoms with Gasteiger partial charge in [-0.3, -0.25) is 4.79 Å². The molecule has 0 radical (unpaired) electrons. The summed E-state index contributed by atoms with van der Waals surface area (Å²) in [6.07, 6.45) is 0.490. The predicted octanol–water partition coefficient (Wildman–Crippen LogP) is 2.27. The van der Waals surface area contributed by atoms with Gasteiger partial charge in [-0.1, -0.05) is 13.0 Å². The van der Waals surface area contributed by atoms with E-state index in [1.165, 1.54) is 12.1 Å². The van der Waals surface area contributed by atoms with E-state index >= 15 is 0 Å². The maximum Gasteiger partial charge on any atom is 0.239 e. The normalized spacial score (nSPS) is 13.2. The summed E-state index contributed by atoms with van der Waals surface area (Å²) >= 11 is 0. The van der Waals surface area contributed by atoms with Gasteiger partial charge in [-0.2, -0.15) is 0 Å². The molecule has 0 aromatic heterocycles. The van der Waals surface area contributed by atoms with Gasteiger partial charge in [0.1, 0.15) is 11.6 Å². The molecule has 1 rings (SSSR count). The van der Waals surface area contributed by atoms with Gasteiger partial charge in [-0.15, -0.1) is 0 Å². The van der Waals surface area contributed by atoms with E-state index < -0.39 is 23.2 Å². The molecule has 0 bridgehead atoms. The number of hydrogen-bond acceptors (Lipinski definition) is 2. The molecule has 0 spiro atoms. The summed E-state index contributed by atoms with van der Waals surface area (Å²) in [6.45, 7) is 4.93. The van der Waals surface area contributed by atoms with E-state index in [0.29, 0.717) is 6.42 Å². The largest absolute Gasteiger partial charge is 0.348 e. The van der Waals surface area contributed by atoms with E-state index in [-0.39, 0.29) is 11.5 Å². The molecule has 0 fully saturated rings. The number of hydrogen-bond donors (Lipinski definition) is 2. The number of benzene rings is 1. The lowest BCUT2D eigenvalue weighted by Crippen LogP contribution is -2.50. The van der Waals surface area contributed by atoms with Gasteiger partial charge in [-0.25, -0.2) is 8.78 Å². The van der Waals surface area contributed by atoms with Crippen LogP contribution in [-0.2, 0) is 4.79 Å². The number of nitrogens with one attached hydrogen (secondary N) is 1. The number of halogens is 2. The minimum atomic E-state index is -1.04. The molecule has 1 amide bonds. The lowest BCUT2D eigenvalue weighted by Gasteiger charge is -2.24. The highest BCUT2D eigenvalue weighted by Gasteiger charge is 2.25. The molecule has 0 saturated carbocycles. The zero-order valence-corrected chi connectivity index (χ0v) is 10.8. The van der Waals surface area contributed by atoms with Crippen LogP contribution in [0.5, 0.6) is 0 Å². The molecule has 3 nitrogen and oxygen atoms in total. The van der Waals surface area contributed by atoms with Gasteiger partial charge in [0.15, 0.2) is 0 Å². The zero-order valence-electron chi connectivity index (χ0n) is 10.8. The van der Waals surface area contributed by atoms with E-state index in [4.69, 9.17) is 5.73 Å². The van der Waals surface area contributed by atoms with Crippen LogP contribution in [0, 0.1) is 11.6 Å². The number of carbonyl (C=O) groups excluding carboxylic acids is 1. The van der Waals surface area contributed by atoms with Crippen molar-refractivity contribution >= 4 is 5.91 Å². The molecule has 18 heavy (non-hydrogen) atoms. The van der Waals surface area contributed by atoms with Gasteiger partial charge in [0, 0.05) is 11.6 Å². The van der Waals surface area contributed by atoms with Crippen molar-refractivity contribution in [3.8, 4) is 0 Å². The zero-order chi connectivity index (χ0) is 13.9. The summed E-state index contributed by atoms with van der Waals surface area (Å²) in [6, 6.07) is 2.79. The van der Waals surface area contributed by atoms with Crippen molar-refractivity contribution in [3.05, 3.63) is 35.4 Å². The molecule has 100 valence electrons. The number of amides is 1. The van der Waals surface area contributed by atoms with Crippen LogP contribution in [0.4, 0.5) is 8.78 Å². The Morgan fingerprint density at radius 1 is 1.44 bits per heavy atom. The summed E-state index contributed by atoms with van der Waals surface area (Å²) in [5.74, 6) is -1.69. The smallest absolute Gasteiger partial charge is 0.239 e. The Bertz CT molecular complexity index is 441. The van der Waals surface area contributed by atoms with Crippen molar-refractivity contribution in [2.24, 2.45) is 5.73 Å². The lowest BCUT2D eigenvalue weighted by atomic mass is 10.0. The third-order valence-electron chi connectivity index (χ3n) is 2.64. The van der Waals surface area contributed by atoms with Gasteiger partial charge in [0.2, 0.25) is 5.91 Å². The van der Waals surface area contributed by atoms with Gasteiger partial charge in [0.05, 0.1) is 11.6 Å². The Labute approximate surface area is 105 Å². The topological polar surface area (TPSA) is 55.1 Å². The first kappa shape index (κ1) is 14.6. The first-order chi connectivity index (χ1) is 8.25. The summed E-state index contributed by atoms with van der Waals surface area (Å²) in [5, 5.41) is 2.66. The van der Waals surface area contributed by atoms with Gasteiger partial charge >= 0.3 is 0 Å². The average Bonchev–Trinajstić information content (AvgIpc) is 2.25. The third kappa shape index (κ3) is 3.50. The van der Waals surface area contributed by atoms with E-state index in [2.05, 4.69) is 5.32 Å². The second-order valence-electron chi connectivity index (χ2n) is 4.82. The van der Waals surface area contributed by atoms with Crippen molar-refractivity contribution in [2.75, 3.05) is 0 Å². The van der Waals surface area contributed by atoms with E-state index in [1.54, 1.807) is 20.8 Å². The fourth-order valence-corrected chi connectivity index (χ4v) is 1.53. The molecule has 0 heterocycles. The van der Waals surface area contributed by atoms with Crippen molar-refractivity contribution in [2.45, 2.75) is 38.8 Å². The summed E-state index contributed by atoms with van der Waals surface area (Å²) in [5.41, 5.74) is 4.88. The minimum absolute atomic E-state index is 0.261. The predicted molar refractivity (Wildman–Crippen MR) is 65.8 cm³/mol. The van der Waals surface area contributed by atoms with Crippen molar-refractivity contribution < 1.29 is 13.6 Å². The highest BCUT2D eigenvalue weighted by molar-refractivity contribution is 5.85. The van der Waals surface area contributed by atoms with Gasteiger partial charge in [-0.05, 0) is 26.3 Å². The Balaban J connectivity index is 2.93. The molecule has 1 unspecified atom stereocenters. The van der Waals surface area contributed by atoms with Crippen LogP contribution >= 0.6 is 0 Å². The molecular formula is C13H18F2N2O. The summed E-state index contributed by atoms with van der Waals surface area (Å²) < 4.78 is 26.4. The van der Waals surface area contributed by atoms with Crippen LogP contribution in [-0.4, -0.2) is 11.4 Å². The van der Waals surface area contributed by atoms with Crippen LogP contribution in [0.2, 0.25) is 0 Å². The Morgan fingerprint density at radius 2 is 2.06 bits per heavy atom. The highest BCUT2D eigenvalue weighted by atomic mass is 19.1. The van der Waals surface area contributed by atoms with E-state index in [0.717, 1.165) is 6.07 Å². The average molecular weight is 256 g/mol. The van der Waals surface area contributed by atoms with Crippen LogP contribution in [0.25, 0.3) is 0 Å². The molecule has 0 saturated heterocycles. The highest BCUT2D eigenvalue weighted by Crippen LogP contribution is 2.21. The fraction of sp³-hybridized carbons (Fsp3) is 0.462. The van der Waals surface area contributed by atoms with Gasteiger partial charge in [0.25, 0.3) is 0 Å². The summed E-state index contributed by atoms with van der Waals surface area (Å²) in [7, 11) is 0. The standard InChI is InChI=1S/C13H18F2N2O/c1-4-11(17-12(18)13(2,3)16)9-6-5-8(14)7-10(9)15/h5-7,11H,4,16H2,1-3H3,(H,17,18). The number of carbonyl (C=O) groups is 1. The van der Waals surface area contributed by atoms with Crippen LogP contribution < -0.4 is 11.1 Å². The molecule has 0 aliphatic heterocycles. The number of nitrogens with two attached hydrogens (primary N) is 1. The van der Waals surface area contributed by atoms with Gasteiger partial charge < -0.3 is 11.1 Å². The monoisotopic (exact) mass is 256 g/mol. The first-order valence-electron chi connectivity index (χ1n) is 5.80. The number of rotatable bonds is 4. The van der Waals surface area contributed by atoms with Crippen molar-refractivity contribution in [1.82, 2.24) is 5.32 Å². The maximum atomic E-state index is 13.6. The second kappa shape index (κ2) is 5.44. The molecule has 5 heteroatoms. The third-order valence-corrected chi connectivity index (χ3v) is 2.64. The quantitative estimate of drug-likeness (QED) is 0.868. The summed E-state index contributed by atoms with van der Waals surface area (Å²) in [4.78, 5) is 11.8. The fourth-order valence-electron chi connectivity index (χ4n) is 1.53. The van der Waals surface area contributed by atoms with Crippen LogP contribution in [0.3, 0.4) is 0 Å². The first-order valence-corrected chi connectivity index (χ1v) is 5.80. The molecule has 3 N–H and O–H groups in total. The Kier molecular flexibility index (Phi) is 4.40. The van der Waals surface area contributed by atoms with Crippen LogP contribution in [0.15, 0.2) is 18.2 Å². The van der Waals surface area contributed by atoms with Crippen LogP contribution in [0.1, 0.15) is 38.8 Å².